The second-order valence-corrected chi connectivity index (χ2v) is 3.75. The van der Waals surface area contributed by atoms with Crippen molar-refractivity contribution in [3.8, 4) is 5.75 Å². The molecule has 1 unspecified atom stereocenters. The average molecular weight is 222 g/mol. The molecule has 0 radical (unpaired) electrons. The lowest BCUT2D eigenvalue weighted by Gasteiger charge is -2.13. The zero-order chi connectivity index (χ0) is 12.1. The number of carbonyl (C=O) groups is 1. The van der Waals surface area contributed by atoms with E-state index in [0.29, 0.717) is 5.75 Å². The SMILES string of the molecule is CC[C@H](N)c1ccc(OC(C)C(N)=O)cc1. The summed E-state index contributed by atoms with van der Waals surface area (Å²) in [5, 5.41) is 0. The van der Waals surface area contributed by atoms with E-state index in [9.17, 15) is 4.79 Å². The van der Waals surface area contributed by atoms with Crippen molar-refractivity contribution < 1.29 is 9.53 Å². The van der Waals surface area contributed by atoms with Gasteiger partial charge in [0.05, 0.1) is 0 Å². The molecule has 0 fully saturated rings. The summed E-state index contributed by atoms with van der Waals surface area (Å²) in [6, 6.07) is 7.44. The van der Waals surface area contributed by atoms with Gasteiger partial charge in [0.2, 0.25) is 0 Å². The Morgan fingerprint density at radius 2 is 1.94 bits per heavy atom. The van der Waals surface area contributed by atoms with Gasteiger partial charge in [0.1, 0.15) is 5.75 Å². The minimum Gasteiger partial charge on any atom is -0.481 e. The molecule has 0 saturated carbocycles. The Bertz CT molecular complexity index is 349. The van der Waals surface area contributed by atoms with Gasteiger partial charge in [0.25, 0.3) is 5.91 Å². The van der Waals surface area contributed by atoms with Gasteiger partial charge in [-0.3, -0.25) is 4.79 Å². The molecule has 1 aromatic carbocycles. The fourth-order valence-corrected chi connectivity index (χ4v) is 1.29. The molecule has 1 aromatic rings. The highest BCUT2D eigenvalue weighted by molar-refractivity contribution is 5.78. The molecule has 1 rings (SSSR count). The van der Waals surface area contributed by atoms with E-state index in [2.05, 4.69) is 0 Å². The highest BCUT2D eigenvalue weighted by atomic mass is 16.5. The van der Waals surface area contributed by atoms with Gasteiger partial charge in [-0.2, -0.15) is 0 Å². The van der Waals surface area contributed by atoms with Gasteiger partial charge in [0.15, 0.2) is 6.10 Å². The van der Waals surface area contributed by atoms with Crippen LogP contribution in [0.3, 0.4) is 0 Å². The van der Waals surface area contributed by atoms with Crippen molar-refractivity contribution in [1.29, 1.82) is 0 Å². The highest BCUT2D eigenvalue weighted by Gasteiger charge is 2.10. The molecule has 0 aliphatic carbocycles. The van der Waals surface area contributed by atoms with Crippen LogP contribution in [0.15, 0.2) is 24.3 Å². The fraction of sp³-hybridized carbons (Fsp3) is 0.417. The molecule has 0 bridgehead atoms. The Kier molecular flexibility index (Phi) is 4.31. The Hall–Kier alpha value is -1.55. The van der Waals surface area contributed by atoms with Crippen LogP contribution in [-0.4, -0.2) is 12.0 Å². The molecule has 2 atom stereocenters. The average Bonchev–Trinajstić information content (AvgIpc) is 2.28. The Morgan fingerprint density at radius 3 is 2.38 bits per heavy atom. The predicted octanol–water partition coefficient (Wildman–Crippen LogP) is 1.35. The van der Waals surface area contributed by atoms with E-state index in [1.54, 1.807) is 19.1 Å². The minimum atomic E-state index is -0.620. The number of hydrogen-bond donors (Lipinski definition) is 2. The molecule has 16 heavy (non-hydrogen) atoms. The standard InChI is InChI=1S/C12H18N2O2/c1-3-11(13)9-4-6-10(7-5-9)16-8(2)12(14)15/h4-8,11H,3,13H2,1-2H3,(H2,14,15)/t8?,11-/m0/s1. The third-order valence-corrected chi connectivity index (χ3v) is 2.46. The zero-order valence-corrected chi connectivity index (χ0v) is 9.64. The van der Waals surface area contributed by atoms with Crippen molar-refractivity contribution in [3.05, 3.63) is 29.8 Å². The zero-order valence-electron chi connectivity index (χ0n) is 9.64. The van der Waals surface area contributed by atoms with Crippen molar-refractivity contribution in [2.75, 3.05) is 0 Å². The van der Waals surface area contributed by atoms with E-state index in [0.717, 1.165) is 12.0 Å². The van der Waals surface area contributed by atoms with Gasteiger partial charge >= 0.3 is 0 Å². The molecule has 0 spiro atoms. The lowest BCUT2D eigenvalue weighted by atomic mass is 10.1. The molecular formula is C12H18N2O2. The largest absolute Gasteiger partial charge is 0.481 e. The molecule has 4 N–H and O–H groups in total. The molecule has 0 aliphatic rings. The molecule has 0 heterocycles. The van der Waals surface area contributed by atoms with E-state index in [4.69, 9.17) is 16.2 Å². The number of nitrogens with two attached hydrogens (primary N) is 2. The van der Waals surface area contributed by atoms with Crippen molar-refractivity contribution in [3.63, 3.8) is 0 Å². The molecular weight excluding hydrogens is 204 g/mol. The molecule has 0 saturated heterocycles. The summed E-state index contributed by atoms with van der Waals surface area (Å²) >= 11 is 0. The number of benzene rings is 1. The maximum absolute atomic E-state index is 10.8. The van der Waals surface area contributed by atoms with Crippen LogP contribution in [0, 0.1) is 0 Å². The Morgan fingerprint density at radius 1 is 1.38 bits per heavy atom. The van der Waals surface area contributed by atoms with Gasteiger partial charge in [-0.1, -0.05) is 19.1 Å². The summed E-state index contributed by atoms with van der Waals surface area (Å²) in [5.41, 5.74) is 12.0. The maximum Gasteiger partial charge on any atom is 0.258 e. The summed E-state index contributed by atoms with van der Waals surface area (Å²) in [6.07, 6.45) is 0.267. The molecule has 0 aromatic heterocycles. The second kappa shape index (κ2) is 5.51. The quantitative estimate of drug-likeness (QED) is 0.789. The number of ether oxygens (including phenoxy) is 1. The third kappa shape index (κ3) is 3.24. The van der Waals surface area contributed by atoms with Crippen molar-refractivity contribution in [2.24, 2.45) is 11.5 Å². The number of hydrogen-bond acceptors (Lipinski definition) is 3. The van der Waals surface area contributed by atoms with Gasteiger partial charge in [-0.25, -0.2) is 0 Å². The van der Waals surface area contributed by atoms with Gasteiger partial charge in [0, 0.05) is 6.04 Å². The van der Waals surface area contributed by atoms with Crippen molar-refractivity contribution in [2.45, 2.75) is 32.4 Å². The number of primary amides is 1. The second-order valence-electron chi connectivity index (χ2n) is 3.75. The summed E-state index contributed by atoms with van der Waals surface area (Å²) in [5.74, 6) is 0.146. The monoisotopic (exact) mass is 222 g/mol. The smallest absolute Gasteiger partial charge is 0.258 e. The number of rotatable bonds is 5. The Balaban J connectivity index is 2.68. The number of amides is 1. The van der Waals surface area contributed by atoms with Crippen LogP contribution in [0.2, 0.25) is 0 Å². The lowest BCUT2D eigenvalue weighted by molar-refractivity contribution is -0.123. The Labute approximate surface area is 95.6 Å². The first-order valence-corrected chi connectivity index (χ1v) is 5.36. The van der Waals surface area contributed by atoms with Crippen LogP contribution in [0.1, 0.15) is 31.9 Å². The van der Waals surface area contributed by atoms with Crippen LogP contribution >= 0.6 is 0 Å². The molecule has 4 heteroatoms. The van der Waals surface area contributed by atoms with Crippen LogP contribution in [0.4, 0.5) is 0 Å². The summed E-state index contributed by atoms with van der Waals surface area (Å²) in [6.45, 7) is 3.65. The van der Waals surface area contributed by atoms with Gasteiger partial charge in [-0.15, -0.1) is 0 Å². The van der Waals surface area contributed by atoms with Crippen LogP contribution in [0.5, 0.6) is 5.75 Å². The highest BCUT2D eigenvalue weighted by Crippen LogP contribution is 2.18. The molecule has 0 aliphatic heterocycles. The van der Waals surface area contributed by atoms with Gasteiger partial charge in [-0.05, 0) is 31.0 Å². The summed E-state index contributed by atoms with van der Waals surface area (Å²) in [4.78, 5) is 10.8. The van der Waals surface area contributed by atoms with Crippen LogP contribution in [-0.2, 0) is 4.79 Å². The van der Waals surface area contributed by atoms with E-state index in [1.807, 2.05) is 19.1 Å². The first kappa shape index (κ1) is 12.5. The predicted molar refractivity (Wildman–Crippen MR) is 62.9 cm³/mol. The molecule has 88 valence electrons. The normalized spacial score (nSPS) is 14.2. The van der Waals surface area contributed by atoms with E-state index in [1.165, 1.54) is 0 Å². The van der Waals surface area contributed by atoms with Gasteiger partial charge < -0.3 is 16.2 Å². The van der Waals surface area contributed by atoms with E-state index < -0.39 is 12.0 Å². The summed E-state index contributed by atoms with van der Waals surface area (Å²) in [7, 11) is 0. The third-order valence-electron chi connectivity index (χ3n) is 2.46. The first-order valence-electron chi connectivity index (χ1n) is 5.36. The van der Waals surface area contributed by atoms with Crippen molar-refractivity contribution >= 4 is 5.91 Å². The van der Waals surface area contributed by atoms with E-state index >= 15 is 0 Å². The van der Waals surface area contributed by atoms with Crippen molar-refractivity contribution in [1.82, 2.24) is 0 Å². The fourth-order valence-electron chi connectivity index (χ4n) is 1.29. The topological polar surface area (TPSA) is 78.3 Å². The molecule has 1 amide bonds. The number of carbonyl (C=O) groups excluding carboxylic acids is 1. The van der Waals surface area contributed by atoms with Crippen LogP contribution < -0.4 is 16.2 Å². The lowest BCUT2D eigenvalue weighted by Crippen LogP contribution is -2.30. The molecule has 4 nitrogen and oxygen atoms in total. The van der Waals surface area contributed by atoms with E-state index in [-0.39, 0.29) is 6.04 Å². The minimum absolute atomic E-state index is 0.0441. The summed E-state index contributed by atoms with van der Waals surface area (Å²) < 4.78 is 5.33. The first-order chi connectivity index (χ1) is 7.54. The maximum atomic E-state index is 10.8. The van der Waals surface area contributed by atoms with Crippen LogP contribution in [0.25, 0.3) is 0 Å².